The predicted molar refractivity (Wildman–Crippen MR) is 81.2 cm³/mol. The third-order valence-electron chi connectivity index (χ3n) is 2.90. The van der Waals surface area contributed by atoms with Crippen molar-refractivity contribution >= 4 is 21.7 Å². The van der Waals surface area contributed by atoms with Crippen molar-refractivity contribution in [3.05, 3.63) is 34.1 Å². The van der Waals surface area contributed by atoms with Gasteiger partial charge in [-0.1, -0.05) is 6.92 Å². The number of aromatic nitrogens is 3. The lowest BCUT2D eigenvalue weighted by molar-refractivity contribution is 0.952. The van der Waals surface area contributed by atoms with E-state index in [2.05, 4.69) is 43.1 Å². The van der Waals surface area contributed by atoms with Crippen LogP contribution in [0, 0.1) is 13.8 Å². The summed E-state index contributed by atoms with van der Waals surface area (Å²) in [6, 6.07) is 3.82. The molecule has 0 unspecified atom stereocenters. The second-order valence-corrected chi connectivity index (χ2v) is 5.22. The molecule has 0 saturated heterocycles. The number of nitrogens with one attached hydrogen (secondary N) is 1. The van der Waals surface area contributed by atoms with Gasteiger partial charge in [-0.15, -0.1) is 0 Å². The summed E-state index contributed by atoms with van der Waals surface area (Å²) in [5.41, 5.74) is 2.83. The van der Waals surface area contributed by atoms with Crippen LogP contribution in [0.3, 0.4) is 0 Å². The monoisotopic (exact) mass is 320 g/mol. The lowest BCUT2D eigenvalue weighted by atomic mass is 10.2. The maximum absolute atomic E-state index is 4.59. The van der Waals surface area contributed by atoms with Crippen molar-refractivity contribution in [2.24, 2.45) is 0 Å². The van der Waals surface area contributed by atoms with E-state index in [-0.39, 0.29) is 0 Å². The Kier molecular flexibility index (Phi) is 4.47. The molecule has 0 radical (unpaired) electrons. The average molecular weight is 321 g/mol. The molecule has 5 heteroatoms. The minimum atomic E-state index is 0.647. The lowest BCUT2D eigenvalue weighted by Crippen LogP contribution is -2.08. The third-order valence-corrected chi connectivity index (χ3v) is 3.54. The summed E-state index contributed by atoms with van der Waals surface area (Å²) in [5.74, 6) is 1.54. The standard InChI is InChI=1S/C14H17BrN4/c1-4-7-17-13-9(2)10(3)18-14(19-13)12-11(15)6-5-8-16-12/h5-6,8H,4,7H2,1-3H3,(H,17,18,19). The van der Waals surface area contributed by atoms with Crippen molar-refractivity contribution in [3.8, 4) is 11.5 Å². The van der Waals surface area contributed by atoms with Crippen molar-refractivity contribution in [1.29, 1.82) is 0 Å². The molecule has 4 nitrogen and oxygen atoms in total. The van der Waals surface area contributed by atoms with Gasteiger partial charge in [0.1, 0.15) is 11.5 Å². The number of hydrogen-bond acceptors (Lipinski definition) is 4. The van der Waals surface area contributed by atoms with E-state index >= 15 is 0 Å². The van der Waals surface area contributed by atoms with E-state index in [1.54, 1.807) is 6.20 Å². The molecule has 0 saturated carbocycles. The fourth-order valence-electron chi connectivity index (χ4n) is 1.70. The SMILES string of the molecule is CCCNc1nc(-c2ncccc2Br)nc(C)c1C. The number of halogens is 1. The Balaban J connectivity index is 2.47. The molecule has 2 heterocycles. The molecule has 0 aliphatic heterocycles. The number of pyridine rings is 1. The summed E-state index contributed by atoms with van der Waals surface area (Å²) in [6.07, 6.45) is 2.81. The van der Waals surface area contributed by atoms with Crippen LogP contribution in [0.15, 0.2) is 22.8 Å². The highest BCUT2D eigenvalue weighted by Crippen LogP contribution is 2.25. The smallest absolute Gasteiger partial charge is 0.181 e. The summed E-state index contributed by atoms with van der Waals surface area (Å²) in [5, 5.41) is 3.34. The van der Waals surface area contributed by atoms with E-state index < -0.39 is 0 Å². The van der Waals surface area contributed by atoms with Crippen LogP contribution in [0.25, 0.3) is 11.5 Å². The molecule has 2 aromatic heterocycles. The topological polar surface area (TPSA) is 50.7 Å². The molecule has 0 amide bonds. The first-order chi connectivity index (χ1) is 9.13. The number of nitrogens with zero attached hydrogens (tertiary/aromatic N) is 3. The summed E-state index contributed by atoms with van der Waals surface area (Å²) < 4.78 is 0.902. The zero-order chi connectivity index (χ0) is 13.8. The minimum Gasteiger partial charge on any atom is -0.370 e. The van der Waals surface area contributed by atoms with Crippen LogP contribution in [0.2, 0.25) is 0 Å². The molecule has 0 bridgehead atoms. The predicted octanol–water partition coefficient (Wildman–Crippen LogP) is 3.74. The number of hydrogen-bond donors (Lipinski definition) is 1. The summed E-state index contributed by atoms with van der Waals surface area (Å²) >= 11 is 3.49. The molecule has 0 aliphatic carbocycles. The fourth-order valence-corrected chi connectivity index (χ4v) is 2.13. The van der Waals surface area contributed by atoms with Gasteiger partial charge in [-0.2, -0.15) is 0 Å². The molecule has 2 aromatic rings. The van der Waals surface area contributed by atoms with Crippen molar-refractivity contribution < 1.29 is 0 Å². The van der Waals surface area contributed by atoms with Crippen LogP contribution in [-0.2, 0) is 0 Å². The van der Waals surface area contributed by atoms with Gasteiger partial charge in [0.2, 0.25) is 0 Å². The Labute approximate surface area is 121 Å². The largest absolute Gasteiger partial charge is 0.370 e. The van der Waals surface area contributed by atoms with E-state index in [1.165, 1.54) is 0 Å². The highest BCUT2D eigenvalue weighted by atomic mass is 79.9. The Morgan fingerprint density at radius 1 is 1.26 bits per heavy atom. The molecule has 0 aliphatic rings. The number of aryl methyl sites for hydroxylation is 1. The van der Waals surface area contributed by atoms with Gasteiger partial charge < -0.3 is 5.32 Å². The Morgan fingerprint density at radius 2 is 2.05 bits per heavy atom. The molecule has 0 spiro atoms. The van der Waals surface area contributed by atoms with E-state index in [4.69, 9.17) is 0 Å². The van der Waals surface area contributed by atoms with Crippen LogP contribution < -0.4 is 5.32 Å². The Morgan fingerprint density at radius 3 is 2.74 bits per heavy atom. The second-order valence-electron chi connectivity index (χ2n) is 4.37. The van der Waals surface area contributed by atoms with Crippen molar-refractivity contribution in [2.75, 3.05) is 11.9 Å². The summed E-state index contributed by atoms with van der Waals surface area (Å²) in [7, 11) is 0. The molecule has 2 rings (SSSR count). The number of anilines is 1. The van der Waals surface area contributed by atoms with Crippen LogP contribution in [0.5, 0.6) is 0 Å². The maximum atomic E-state index is 4.59. The molecule has 0 aromatic carbocycles. The van der Waals surface area contributed by atoms with Crippen LogP contribution in [0.1, 0.15) is 24.6 Å². The quantitative estimate of drug-likeness (QED) is 0.932. The van der Waals surface area contributed by atoms with Gasteiger partial charge in [0.15, 0.2) is 5.82 Å². The zero-order valence-corrected chi connectivity index (χ0v) is 13.0. The first-order valence-electron chi connectivity index (χ1n) is 6.33. The normalized spacial score (nSPS) is 10.5. The van der Waals surface area contributed by atoms with Gasteiger partial charge in [-0.05, 0) is 48.3 Å². The molecular weight excluding hydrogens is 304 g/mol. The van der Waals surface area contributed by atoms with Gasteiger partial charge in [0.25, 0.3) is 0 Å². The van der Waals surface area contributed by atoms with Gasteiger partial charge >= 0.3 is 0 Å². The van der Waals surface area contributed by atoms with Crippen molar-refractivity contribution in [2.45, 2.75) is 27.2 Å². The minimum absolute atomic E-state index is 0.647. The van der Waals surface area contributed by atoms with E-state index in [0.717, 1.165) is 40.2 Å². The van der Waals surface area contributed by atoms with Crippen molar-refractivity contribution in [3.63, 3.8) is 0 Å². The fraction of sp³-hybridized carbons (Fsp3) is 0.357. The first kappa shape index (κ1) is 13.9. The first-order valence-corrected chi connectivity index (χ1v) is 7.12. The Bertz CT molecular complexity index is 584. The van der Waals surface area contributed by atoms with Crippen LogP contribution >= 0.6 is 15.9 Å². The van der Waals surface area contributed by atoms with E-state index in [0.29, 0.717) is 5.82 Å². The highest BCUT2D eigenvalue weighted by molar-refractivity contribution is 9.10. The second kappa shape index (κ2) is 6.10. The highest BCUT2D eigenvalue weighted by Gasteiger charge is 2.12. The van der Waals surface area contributed by atoms with Gasteiger partial charge in [0.05, 0.1) is 0 Å². The number of rotatable bonds is 4. The lowest BCUT2D eigenvalue weighted by Gasteiger charge is -2.12. The summed E-state index contributed by atoms with van der Waals surface area (Å²) in [6.45, 7) is 7.06. The summed E-state index contributed by atoms with van der Waals surface area (Å²) in [4.78, 5) is 13.5. The molecule has 0 atom stereocenters. The zero-order valence-electron chi connectivity index (χ0n) is 11.4. The van der Waals surface area contributed by atoms with Gasteiger partial charge in [-0.25, -0.2) is 9.97 Å². The van der Waals surface area contributed by atoms with Gasteiger partial charge in [0, 0.05) is 28.5 Å². The molecular formula is C14H17BrN4. The molecule has 0 fully saturated rings. The molecule has 19 heavy (non-hydrogen) atoms. The maximum Gasteiger partial charge on any atom is 0.181 e. The molecule has 1 N–H and O–H groups in total. The van der Waals surface area contributed by atoms with Crippen LogP contribution in [0.4, 0.5) is 5.82 Å². The van der Waals surface area contributed by atoms with E-state index in [9.17, 15) is 0 Å². The van der Waals surface area contributed by atoms with Crippen LogP contribution in [-0.4, -0.2) is 21.5 Å². The third kappa shape index (κ3) is 3.10. The van der Waals surface area contributed by atoms with Gasteiger partial charge in [-0.3, -0.25) is 4.98 Å². The van der Waals surface area contributed by atoms with E-state index in [1.807, 2.05) is 26.0 Å². The molecule has 100 valence electrons. The van der Waals surface area contributed by atoms with Crippen molar-refractivity contribution in [1.82, 2.24) is 15.0 Å². The average Bonchev–Trinajstić information content (AvgIpc) is 2.41. The Hall–Kier alpha value is -1.49.